The van der Waals surface area contributed by atoms with Crippen LogP contribution in [0.1, 0.15) is 51.1 Å². The van der Waals surface area contributed by atoms with E-state index in [9.17, 15) is 8.78 Å². The molecule has 0 heterocycles. The quantitative estimate of drug-likeness (QED) is 0.746. The number of nitrogens with zero attached hydrogens (tertiary/aromatic N) is 1. The van der Waals surface area contributed by atoms with Gasteiger partial charge < -0.3 is 10.6 Å². The van der Waals surface area contributed by atoms with E-state index in [-0.39, 0.29) is 5.56 Å². The van der Waals surface area contributed by atoms with E-state index in [1.54, 1.807) is 6.07 Å². The highest BCUT2D eigenvalue weighted by Gasteiger charge is 2.17. The smallest absolute Gasteiger partial charge is 0.163 e. The number of nitrogens with two attached hydrogens (primary N) is 1. The Balaban J connectivity index is 2.68. The molecular formula is C16H26F2N2. The molecule has 2 nitrogen and oxygen atoms in total. The van der Waals surface area contributed by atoms with Crippen molar-refractivity contribution in [2.24, 2.45) is 5.73 Å². The van der Waals surface area contributed by atoms with Crippen molar-refractivity contribution in [1.29, 1.82) is 0 Å². The lowest BCUT2D eigenvalue weighted by atomic mass is 10.1. The van der Waals surface area contributed by atoms with Gasteiger partial charge in [-0.25, -0.2) is 8.78 Å². The molecule has 1 aromatic rings. The van der Waals surface area contributed by atoms with E-state index in [0.29, 0.717) is 6.54 Å². The molecule has 1 atom stereocenters. The standard InChI is InChI=1S/C16H26F2N2/c1-3-5-10-20(11-6-4-2)12-15(19)13-8-7-9-14(17)16(13)18/h7-9,15H,3-6,10-12,19H2,1-2H3. The number of rotatable bonds is 9. The maximum atomic E-state index is 13.7. The van der Waals surface area contributed by atoms with E-state index < -0.39 is 17.7 Å². The van der Waals surface area contributed by atoms with Crippen LogP contribution in [0.25, 0.3) is 0 Å². The topological polar surface area (TPSA) is 29.3 Å². The van der Waals surface area contributed by atoms with Gasteiger partial charge in [-0.15, -0.1) is 0 Å². The van der Waals surface area contributed by atoms with Crippen molar-refractivity contribution in [2.45, 2.75) is 45.6 Å². The van der Waals surface area contributed by atoms with Crippen molar-refractivity contribution < 1.29 is 8.78 Å². The number of halogens is 2. The number of hydrogen-bond donors (Lipinski definition) is 1. The van der Waals surface area contributed by atoms with Crippen LogP contribution in [0.15, 0.2) is 18.2 Å². The van der Waals surface area contributed by atoms with Crippen LogP contribution in [0.4, 0.5) is 8.78 Å². The molecule has 0 bridgehead atoms. The number of benzene rings is 1. The molecule has 1 unspecified atom stereocenters. The highest BCUT2D eigenvalue weighted by molar-refractivity contribution is 5.22. The maximum Gasteiger partial charge on any atom is 0.163 e. The van der Waals surface area contributed by atoms with Gasteiger partial charge in [-0.3, -0.25) is 0 Å². The van der Waals surface area contributed by atoms with Gasteiger partial charge in [0.15, 0.2) is 11.6 Å². The molecule has 0 aromatic heterocycles. The maximum absolute atomic E-state index is 13.7. The van der Waals surface area contributed by atoms with Crippen LogP contribution in [-0.4, -0.2) is 24.5 Å². The largest absolute Gasteiger partial charge is 0.323 e. The van der Waals surface area contributed by atoms with Crippen LogP contribution in [0.3, 0.4) is 0 Å². The molecule has 0 aliphatic rings. The first-order valence-corrected chi connectivity index (χ1v) is 7.52. The lowest BCUT2D eigenvalue weighted by molar-refractivity contribution is 0.248. The molecule has 0 saturated heterocycles. The van der Waals surface area contributed by atoms with E-state index >= 15 is 0 Å². The lowest BCUT2D eigenvalue weighted by Crippen LogP contribution is -2.34. The molecule has 0 amide bonds. The molecule has 4 heteroatoms. The van der Waals surface area contributed by atoms with Crippen LogP contribution < -0.4 is 5.73 Å². The normalized spacial score (nSPS) is 12.9. The molecule has 0 aliphatic heterocycles. The average molecular weight is 284 g/mol. The third kappa shape index (κ3) is 5.17. The monoisotopic (exact) mass is 284 g/mol. The molecule has 0 aliphatic carbocycles. The average Bonchev–Trinajstić information content (AvgIpc) is 2.44. The molecule has 0 spiro atoms. The molecule has 2 N–H and O–H groups in total. The van der Waals surface area contributed by atoms with E-state index in [2.05, 4.69) is 18.7 Å². The Labute approximate surface area is 121 Å². The first kappa shape index (κ1) is 17.1. The molecule has 114 valence electrons. The van der Waals surface area contributed by atoms with Crippen molar-refractivity contribution in [1.82, 2.24) is 4.90 Å². The Hall–Kier alpha value is -1.00. The fourth-order valence-corrected chi connectivity index (χ4v) is 2.24. The predicted octanol–water partition coefficient (Wildman–Crippen LogP) is 3.87. The number of hydrogen-bond acceptors (Lipinski definition) is 2. The van der Waals surface area contributed by atoms with Crippen LogP contribution in [0.5, 0.6) is 0 Å². The summed E-state index contributed by atoms with van der Waals surface area (Å²) < 4.78 is 27.0. The molecule has 0 radical (unpaired) electrons. The predicted molar refractivity (Wildman–Crippen MR) is 79.5 cm³/mol. The van der Waals surface area contributed by atoms with Gasteiger partial charge >= 0.3 is 0 Å². The Morgan fingerprint density at radius 1 is 1.10 bits per heavy atom. The molecular weight excluding hydrogens is 258 g/mol. The van der Waals surface area contributed by atoms with Crippen LogP contribution in [-0.2, 0) is 0 Å². The summed E-state index contributed by atoms with van der Waals surface area (Å²) in [6, 6.07) is 3.72. The molecule has 1 aromatic carbocycles. The Bertz CT molecular complexity index is 388. The minimum atomic E-state index is -0.827. The van der Waals surface area contributed by atoms with Crippen molar-refractivity contribution in [3.63, 3.8) is 0 Å². The fourth-order valence-electron chi connectivity index (χ4n) is 2.24. The summed E-state index contributed by atoms with van der Waals surface area (Å²) in [7, 11) is 0. The summed E-state index contributed by atoms with van der Waals surface area (Å²) in [6.07, 6.45) is 4.43. The zero-order valence-corrected chi connectivity index (χ0v) is 12.5. The zero-order valence-electron chi connectivity index (χ0n) is 12.5. The van der Waals surface area contributed by atoms with E-state index in [1.165, 1.54) is 6.07 Å². The summed E-state index contributed by atoms with van der Waals surface area (Å²) >= 11 is 0. The minimum absolute atomic E-state index is 0.267. The Morgan fingerprint density at radius 2 is 1.70 bits per heavy atom. The van der Waals surface area contributed by atoms with Gasteiger partial charge in [0, 0.05) is 18.2 Å². The van der Waals surface area contributed by atoms with E-state index in [0.717, 1.165) is 44.8 Å². The second kappa shape index (κ2) is 9.03. The third-order valence-electron chi connectivity index (χ3n) is 3.49. The van der Waals surface area contributed by atoms with E-state index in [4.69, 9.17) is 5.73 Å². The Kier molecular flexibility index (Phi) is 7.70. The summed E-state index contributed by atoms with van der Waals surface area (Å²) in [5, 5.41) is 0. The molecule has 0 fully saturated rings. The van der Waals surface area contributed by atoms with Crippen LogP contribution in [0, 0.1) is 11.6 Å². The summed E-state index contributed by atoms with van der Waals surface area (Å²) in [4.78, 5) is 2.25. The van der Waals surface area contributed by atoms with Gasteiger partial charge in [-0.2, -0.15) is 0 Å². The van der Waals surface area contributed by atoms with Gasteiger partial charge in [-0.1, -0.05) is 38.8 Å². The second-order valence-corrected chi connectivity index (χ2v) is 5.26. The van der Waals surface area contributed by atoms with Gasteiger partial charge in [0.05, 0.1) is 0 Å². The summed E-state index contributed by atoms with van der Waals surface area (Å²) in [5.41, 5.74) is 6.33. The SMILES string of the molecule is CCCCN(CCCC)CC(N)c1cccc(F)c1F. The first-order chi connectivity index (χ1) is 9.60. The first-order valence-electron chi connectivity index (χ1n) is 7.52. The second-order valence-electron chi connectivity index (χ2n) is 5.26. The fraction of sp³-hybridized carbons (Fsp3) is 0.625. The van der Waals surface area contributed by atoms with Crippen molar-refractivity contribution >= 4 is 0 Å². The summed E-state index contributed by atoms with van der Waals surface area (Å²) in [6.45, 7) is 6.77. The van der Waals surface area contributed by atoms with Crippen molar-refractivity contribution in [3.05, 3.63) is 35.4 Å². The highest BCUT2D eigenvalue weighted by Crippen LogP contribution is 2.19. The van der Waals surface area contributed by atoms with Gasteiger partial charge in [-0.05, 0) is 32.0 Å². The number of unbranched alkanes of at least 4 members (excludes halogenated alkanes) is 2. The molecule has 20 heavy (non-hydrogen) atoms. The van der Waals surface area contributed by atoms with Crippen molar-refractivity contribution in [3.8, 4) is 0 Å². The Morgan fingerprint density at radius 3 is 2.25 bits per heavy atom. The van der Waals surface area contributed by atoms with Crippen LogP contribution in [0.2, 0.25) is 0 Å². The molecule has 0 saturated carbocycles. The van der Waals surface area contributed by atoms with Gasteiger partial charge in [0.1, 0.15) is 0 Å². The van der Waals surface area contributed by atoms with Crippen molar-refractivity contribution in [2.75, 3.05) is 19.6 Å². The lowest BCUT2D eigenvalue weighted by Gasteiger charge is -2.26. The van der Waals surface area contributed by atoms with Gasteiger partial charge in [0.25, 0.3) is 0 Å². The minimum Gasteiger partial charge on any atom is -0.323 e. The third-order valence-corrected chi connectivity index (χ3v) is 3.49. The van der Waals surface area contributed by atoms with Crippen LogP contribution >= 0.6 is 0 Å². The summed E-state index contributed by atoms with van der Waals surface area (Å²) in [5.74, 6) is -1.64. The van der Waals surface area contributed by atoms with E-state index in [1.807, 2.05) is 0 Å². The highest BCUT2D eigenvalue weighted by atomic mass is 19.2. The molecule has 1 rings (SSSR count). The zero-order chi connectivity index (χ0) is 15.0. The van der Waals surface area contributed by atoms with Gasteiger partial charge in [0.2, 0.25) is 0 Å².